The molecule has 0 saturated heterocycles. The van der Waals surface area contributed by atoms with E-state index >= 15 is 0 Å². The van der Waals surface area contributed by atoms with Crippen molar-refractivity contribution >= 4 is 5.82 Å². The monoisotopic (exact) mass is 261 g/mol. The van der Waals surface area contributed by atoms with Crippen molar-refractivity contribution in [2.24, 2.45) is 5.92 Å². The lowest BCUT2D eigenvalue weighted by atomic mass is 9.88. The topological polar surface area (TPSA) is 37.8 Å². The van der Waals surface area contributed by atoms with E-state index in [2.05, 4.69) is 32.2 Å². The number of rotatable bonds is 5. The quantitative estimate of drug-likeness (QED) is 0.865. The van der Waals surface area contributed by atoms with Gasteiger partial charge in [0.15, 0.2) is 0 Å². The molecule has 1 heterocycles. The largest absolute Gasteiger partial charge is 0.370 e. The third kappa shape index (κ3) is 4.19. The Morgan fingerprint density at radius 1 is 1.21 bits per heavy atom. The summed E-state index contributed by atoms with van der Waals surface area (Å²) < 4.78 is 0. The summed E-state index contributed by atoms with van der Waals surface area (Å²) in [6.07, 6.45) is 7.61. The fraction of sp³-hybridized carbons (Fsp3) is 0.750. The summed E-state index contributed by atoms with van der Waals surface area (Å²) in [5.74, 6) is 3.31. The second-order valence-electron chi connectivity index (χ2n) is 6.07. The van der Waals surface area contributed by atoms with Crippen LogP contribution < -0.4 is 5.32 Å². The Labute approximate surface area is 117 Å². The highest BCUT2D eigenvalue weighted by Gasteiger charge is 2.19. The van der Waals surface area contributed by atoms with Gasteiger partial charge >= 0.3 is 0 Å². The summed E-state index contributed by atoms with van der Waals surface area (Å²) in [5, 5.41) is 3.35. The summed E-state index contributed by atoms with van der Waals surface area (Å²) in [7, 11) is 0. The molecule has 1 aliphatic rings. The molecular weight excluding hydrogens is 234 g/mol. The minimum atomic E-state index is 0.582. The first-order valence-corrected chi connectivity index (χ1v) is 7.80. The van der Waals surface area contributed by atoms with Crippen LogP contribution in [0.2, 0.25) is 0 Å². The van der Waals surface area contributed by atoms with Crippen LogP contribution in [0, 0.1) is 5.92 Å². The summed E-state index contributed by atoms with van der Waals surface area (Å²) >= 11 is 0. The molecule has 0 amide bonds. The molecule has 1 aromatic rings. The van der Waals surface area contributed by atoms with Crippen LogP contribution in [0.5, 0.6) is 0 Å². The van der Waals surface area contributed by atoms with E-state index in [0.29, 0.717) is 11.8 Å². The first-order chi connectivity index (χ1) is 9.19. The Morgan fingerprint density at radius 3 is 2.58 bits per heavy atom. The van der Waals surface area contributed by atoms with Crippen LogP contribution >= 0.6 is 0 Å². The molecule has 0 radical (unpaired) electrons. The van der Waals surface area contributed by atoms with Gasteiger partial charge in [-0.05, 0) is 32.1 Å². The van der Waals surface area contributed by atoms with E-state index in [9.17, 15) is 0 Å². The normalized spacial score (nSPS) is 16.8. The van der Waals surface area contributed by atoms with Gasteiger partial charge < -0.3 is 5.32 Å². The van der Waals surface area contributed by atoms with Crippen LogP contribution in [0.1, 0.15) is 70.3 Å². The van der Waals surface area contributed by atoms with Crippen molar-refractivity contribution in [1.29, 1.82) is 0 Å². The second kappa shape index (κ2) is 6.88. The summed E-state index contributed by atoms with van der Waals surface area (Å²) in [5.41, 5.74) is 1.20. The first-order valence-electron chi connectivity index (χ1n) is 7.80. The average molecular weight is 261 g/mol. The molecule has 1 aromatic heterocycles. The number of hydrogen-bond donors (Lipinski definition) is 1. The Kier molecular flexibility index (Phi) is 5.17. The van der Waals surface area contributed by atoms with Gasteiger partial charge in [0.1, 0.15) is 11.6 Å². The van der Waals surface area contributed by atoms with Gasteiger partial charge in [-0.25, -0.2) is 9.97 Å². The highest BCUT2D eigenvalue weighted by Crippen LogP contribution is 2.31. The number of nitrogens with zero attached hydrogens (tertiary/aromatic N) is 2. The molecule has 0 aliphatic heterocycles. The smallest absolute Gasteiger partial charge is 0.134 e. The van der Waals surface area contributed by atoms with Crippen molar-refractivity contribution in [3.63, 3.8) is 0 Å². The molecule has 0 bridgehead atoms. The molecule has 19 heavy (non-hydrogen) atoms. The molecule has 0 spiro atoms. The van der Waals surface area contributed by atoms with E-state index < -0.39 is 0 Å². The summed E-state index contributed by atoms with van der Waals surface area (Å²) in [4.78, 5) is 9.56. The first kappa shape index (κ1) is 14.3. The molecule has 3 nitrogen and oxygen atoms in total. The minimum Gasteiger partial charge on any atom is -0.370 e. The van der Waals surface area contributed by atoms with Crippen molar-refractivity contribution in [2.45, 2.75) is 65.2 Å². The number of aromatic nitrogens is 2. The van der Waals surface area contributed by atoms with Gasteiger partial charge in [0.25, 0.3) is 0 Å². The maximum Gasteiger partial charge on any atom is 0.134 e. The Morgan fingerprint density at radius 2 is 1.95 bits per heavy atom. The lowest BCUT2D eigenvalue weighted by Crippen LogP contribution is -2.13. The average Bonchev–Trinajstić information content (AvgIpc) is 2.39. The fourth-order valence-corrected chi connectivity index (χ4v) is 2.86. The van der Waals surface area contributed by atoms with E-state index in [4.69, 9.17) is 9.97 Å². The van der Waals surface area contributed by atoms with Gasteiger partial charge in [-0.2, -0.15) is 0 Å². The lowest BCUT2D eigenvalue weighted by Gasteiger charge is -2.21. The van der Waals surface area contributed by atoms with Crippen molar-refractivity contribution in [2.75, 3.05) is 11.9 Å². The number of anilines is 1. The summed E-state index contributed by atoms with van der Waals surface area (Å²) in [6, 6.07) is 2.12. The highest BCUT2D eigenvalue weighted by atomic mass is 15.0. The maximum atomic E-state index is 4.83. The van der Waals surface area contributed by atoms with Gasteiger partial charge in [0, 0.05) is 24.2 Å². The molecule has 1 fully saturated rings. The van der Waals surface area contributed by atoms with Crippen molar-refractivity contribution in [1.82, 2.24) is 9.97 Å². The highest BCUT2D eigenvalue weighted by molar-refractivity contribution is 5.36. The van der Waals surface area contributed by atoms with E-state index in [1.807, 2.05) is 0 Å². The molecule has 0 aromatic carbocycles. The van der Waals surface area contributed by atoms with Gasteiger partial charge in [0.05, 0.1) is 0 Å². The molecule has 0 unspecified atom stereocenters. The van der Waals surface area contributed by atoms with E-state index in [1.54, 1.807) is 0 Å². The standard InChI is InChI=1S/C16H27N3/c1-4-17-15-11-14(10-12(2)3)18-16(19-15)13-8-6-5-7-9-13/h11-13H,4-10H2,1-3H3,(H,17,18,19). The SMILES string of the molecule is CCNc1cc(CC(C)C)nc(C2CCCCC2)n1. The van der Waals surface area contributed by atoms with E-state index in [1.165, 1.54) is 37.8 Å². The van der Waals surface area contributed by atoms with Crippen molar-refractivity contribution < 1.29 is 0 Å². The van der Waals surface area contributed by atoms with Gasteiger partial charge in [-0.3, -0.25) is 0 Å². The molecule has 0 atom stereocenters. The Bertz CT molecular complexity index is 395. The van der Waals surface area contributed by atoms with Crippen LogP contribution in [0.15, 0.2) is 6.07 Å². The number of hydrogen-bond acceptors (Lipinski definition) is 3. The van der Waals surface area contributed by atoms with Gasteiger partial charge in [0.2, 0.25) is 0 Å². The van der Waals surface area contributed by atoms with Crippen molar-refractivity contribution in [3.8, 4) is 0 Å². The molecular formula is C16H27N3. The number of nitrogens with one attached hydrogen (secondary N) is 1. The minimum absolute atomic E-state index is 0.582. The molecule has 106 valence electrons. The third-order valence-electron chi connectivity index (χ3n) is 3.74. The fourth-order valence-electron chi connectivity index (χ4n) is 2.86. The molecule has 1 N–H and O–H groups in total. The molecule has 3 heteroatoms. The van der Waals surface area contributed by atoms with Crippen molar-refractivity contribution in [3.05, 3.63) is 17.6 Å². The zero-order valence-corrected chi connectivity index (χ0v) is 12.6. The van der Waals surface area contributed by atoms with Crippen LogP contribution in [-0.2, 0) is 6.42 Å². The summed E-state index contributed by atoms with van der Waals surface area (Å²) in [6.45, 7) is 7.53. The van der Waals surface area contributed by atoms with Crippen LogP contribution in [0.4, 0.5) is 5.82 Å². The van der Waals surface area contributed by atoms with E-state index in [0.717, 1.165) is 24.6 Å². The van der Waals surface area contributed by atoms with E-state index in [-0.39, 0.29) is 0 Å². The van der Waals surface area contributed by atoms with Crippen LogP contribution in [0.25, 0.3) is 0 Å². The second-order valence-corrected chi connectivity index (χ2v) is 6.07. The zero-order chi connectivity index (χ0) is 13.7. The third-order valence-corrected chi connectivity index (χ3v) is 3.74. The van der Waals surface area contributed by atoms with Gasteiger partial charge in [-0.15, -0.1) is 0 Å². The Balaban J connectivity index is 2.21. The maximum absolute atomic E-state index is 4.83. The van der Waals surface area contributed by atoms with Gasteiger partial charge in [-0.1, -0.05) is 33.1 Å². The van der Waals surface area contributed by atoms with Crippen LogP contribution in [0.3, 0.4) is 0 Å². The zero-order valence-electron chi connectivity index (χ0n) is 12.6. The lowest BCUT2D eigenvalue weighted by molar-refractivity contribution is 0.427. The predicted octanol–water partition coefficient (Wildman–Crippen LogP) is 4.15. The molecule has 2 rings (SSSR count). The Hall–Kier alpha value is -1.12. The molecule has 1 saturated carbocycles. The predicted molar refractivity (Wildman–Crippen MR) is 80.6 cm³/mol. The van der Waals surface area contributed by atoms with Crippen LogP contribution in [-0.4, -0.2) is 16.5 Å². The molecule has 1 aliphatic carbocycles.